The maximum atomic E-state index is 11.9. The van der Waals surface area contributed by atoms with E-state index in [1.165, 1.54) is 6.08 Å². The lowest BCUT2D eigenvalue weighted by Crippen LogP contribution is -2.08. The maximum absolute atomic E-state index is 11.9. The number of benzene rings is 2. The van der Waals surface area contributed by atoms with Gasteiger partial charge in [-0.05, 0) is 24.3 Å². The smallest absolute Gasteiger partial charge is 0.248 e. The first-order valence-corrected chi connectivity index (χ1v) is 6.93. The summed E-state index contributed by atoms with van der Waals surface area (Å²) in [6.45, 7) is 0. The van der Waals surface area contributed by atoms with Crippen molar-refractivity contribution in [2.75, 3.05) is 12.4 Å². The number of hydrogen-bond donors (Lipinski definition) is 1. The van der Waals surface area contributed by atoms with Gasteiger partial charge < -0.3 is 10.1 Å². The predicted octanol–water partition coefficient (Wildman–Crippen LogP) is 4.65. The minimum atomic E-state index is -0.301. The van der Waals surface area contributed by atoms with Gasteiger partial charge in [0.1, 0.15) is 5.75 Å². The number of hydrogen-bond acceptors (Lipinski definition) is 2. The Labute approximate surface area is 133 Å². The average molecular weight is 322 g/mol. The van der Waals surface area contributed by atoms with E-state index in [1.807, 2.05) is 24.3 Å². The summed E-state index contributed by atoms with van der Waals surface area (Å²) < 4.78 is 5.21. The Morgan fingerprint density at radius 3 is 2.67 bits per heavy atom. The molecule has 2 aromatic carbocycles. The molecule has 0 radical (unpaired) electrons. The van der Waals surface area contributed by atoms with Crippen LogP contribution < -0.4 is 10.1 Å². The van der Waals surface area contributed by atoms with Gasteiger partial charge in [0, 0.05) is 11.6 Å². The van der Waals surface area contributed by atoms with Crippen LogP contribution in [-0.4, -0.2) is 13.0 Å². The van der Waals surface area contributed by atoms with Crippen LogP contribution in [0, 0.1) is 0 Å². The second-order valence-electron chi connectivity index (χ2n) is 4.17. The lowest BCUT2D eigenvalue weighted by atomic mass is 10.2. The molecule has 2 rings (SSSR count). The summed E-state index contributed by atoms with van der Waals surface area (Å²) in [5.41, 5.74) is 1.28. The SMILES string of the molecule is COc1ccccc1C=CC(=O)Nc1cccc(Cl)c1Cl. The zero-order valence-electron chi connectivity index (χ0n) is 11.3. The number of para-hydroxylation sites is 1. The van der Waals surface area contributed by atoms with Gasteiger partial charge in [0.25, 0.3) is 0 Å². The third-order valence-corrected chi connectivity index (χ3v) is 3.58. The van der Waals surface area contributed by atoms with Crippen LogP contribution in [0.2, 0.25) is 10.0 Å². The zero-order valence-corrected chi connectivity index (χ0v) is 12.8. The van der Waals surface area contributed by atoms with E-state index in [0.29, 0.717) is 21.5 Å². The van der Waals surface area contributed by atoms with Crippen LogP contribution in [0.5, 0.6) is 5.75 Å². The van der Waals surface area contributed by atoms with Crippen molar-refractivity contribution < 1.29 is 9.53 Å². The monoisotopic (exact) mass is 321 g/mol. The normalized spacial score (nSPS) is 10.6. The number of anilines is 1. The molecule has 0 heterocycles. The summed E-state index contributed by atoms with van der Waals surface area (Å²) in [5, 5.41) is 3.39. The molecular weight excluding hydrogens is 309 g/mol. The number of methoxy groups -OCH3 is 1. The molecule has 1 amide bonds. The van der Waals surface area contributed by atoms with Crippen molar-refractivity contribution in [2.45, 2.75) is 0 Å². The van der Waals surface area contributed by atoms with E-state index in [0.717, 1.165) is 5.56 Å². The van der Waals surface area contributed by atoms with Crippen molar-refractivity contribution in [2.24, 2.45) is 0 Å². The largest absolute Gasteiger partial charge is 0.496 e. The van der Waals surface area contributed by atoms with Gasteiger partial charge in [-0.25, -0.2) is 0 Å². The molecule has 3 nitrogen and oxygen atoms in total. The Balaban J connectivity index is 2.11. The first kappa shape index (κ1) is 15.4. The van der Waals surface area contributed by atoms with E-state index in [9.17, 15) is 4.79 Å². The van der Waals surface area contributed by atoms with Gasteiger partial charge in [-0.1, -0.05) is 47.5 Å². The van der Waals surface area contributed by atoms with Gasteiger partial charge in [0.05, 0.1) is 22.8 Å². The Morgan fingerprint density at radius 2 is 1.90 bits per heavy atom. The Morgan fingerprint density at radius 1 is 1.14 bits per heavy atom. The zero-order chi connectivity index (χ0) is 15.2. The molecule has 0 aliphatic rings. The van der Waals surface area contributed by atoms with Crippen LogP contribution in [-0.2, 0) is 4.79 Å². The van der Waals surface area contributed by atoms with Crippen molar-refractivity contribution in [3.8, 4) is 5.75 Å². The summed E-state index contributed by atoms with van der Waals surface area (Å²) >= 11 is 11.9. The number of amides is 1. The van der Waals surface area contributed by atoms with Crippen LogP contribution >= 0.6 is 23.2 Å². The highest BCUT2D eigenvalue weighted by atomic mass is 35.5. The molecule has 2 aromatic rings. The summed E-state index contributed by atoms with van der Waals surface area (Å²) in [4.78, 5) is 11.9. The molecule has 5 heteroatoms. The molecule has 0 saturated carbocycles. The van der Waals surface area contributed by atoms with Crippen LogP contribution in [0.15, 0.2) is 48.5 Å². The molecule has 0 aliphatic heterocycles. The van der Waals surface area contributed by atoms with Gasteiger partial charge in [-0.15, -0.1) is 0 Å². The quantitative estimate of drug-likeness (QED) is 0.832. The fourth-order valence-corrected chi connectivity index (χ4v) is 2.09. The highest BCUT2D eigenvalue weighted by Gasteiger charge is 2.06. The number of carbonyl (C=O) groups excluding carboxylic acids is 1. The highest BCUT2D eigenvalue weighted by Crippen LogP contribution is 2.29. The van der Waals surface area contributed by atoms with Crippen molar-refractivity contribution in [3.05, 3.63) is 64.1 Å². The fraction of sp³-hybridized carbons (Fsp3) is 0.0625. The van der Waals surface area contributed by atoms with E-state index in [4.69, 9.17) is 27.9 Å². The van der Waals surface area contributed by atoms with Crippen molar-refractivity contribution in [1.82, 2.24) is 0 Å². The molecular formula is C16H13Cl2NO2. The molecule has 0 unspecified atom stereocenters. The van der Waals surface area contributed by atoms with Crippen molar-refractivity contribution in [3.63, 3.8) is 0 Å². The maximum Gasteiger partial charge on any atom is 0.248 e. The third-order valence-electron chi connectivity index (χ3n) is 2.76. The molecule has 0 fully saturated rings. The van der Waals surface area contributed by atoms with Gasteiger partial charge in [0.15, 0.2) is 0 Å². The lowest BCUT2D eigenvalue weighted by Gasteiger charge is -2.06. The summed E-state index contributed by atoms with van der Waals surface area (Å²) in [7, 11) is 1.58. The standard InChI is InChI=1S/C16H13Cl2NO2/c1-21-14-8-3-2-5-11(14)9-10-15(20)19-13-7-4-6-12(17)16(13)18/h2-10H,1H3,(H,19,20). The number of rotatable bonds is 4. The van der Waals surface area contributed by atoms with E-state index in [-0.39, 0.29) is 5.91 Å². The van der Waals surface area contributed by atoms with E-state index in [1.54, 1.807) is 31.4 Å². The first-order chi connectivity index (χ1) is 10.1. The van der Waals surface area contributed by atoms with Crippen LogP contribution in [0.3, 0.4) is 0 Å². The summed E-state index contributed by atoms with van der Waals surface area (Å²) in [6.07, 6.45) is 3.09. The van der Waals surface area contributed by atoms with Crippen molar-refractivity contribution >= 4 is 40.9 Å². The molecule has 0 saturated heterocycles. The van der Waals surface area contributed by atoms with E-state index >= 15 is 0 Å². The molecule has 108 valence electrons. The summed E-state index contributed by atoms with van der Waals surface area (Å²) in [6, 6.07) is 12.5. The summed E-state index contributed by atoms with van der Waals surface area (Å²) in [5.74, 6) is 0.396. The fourth-order valence-electron chi connectivity index (χ4n) is 1.74. The van der Waals surface area contributed by atoms with Gasteiger partial charge in [-0.2, -0.15) is 0 Å². The predicted molar refractivity (Wildman–Crippen MR) is 87.1 cm³/mol. The molecule has 21 heavy (non-hydrogen) atoms. The van der Waals surface area contributed by atoms with E-state index in [2.05, 4.69) is 5.32 Å². The molecule has 0 bridgehead atoms. The Kier molecular flexibility index (Phi) is 5.26. The van der Waals surface area contributed by atoms with Crippen molar-refractivity contribution in [1.29, 1.82) is 0 Å². The van der Waals surface area contributed by atoms with Gasteiger partial charge in [0.2, 0.25) is 5.91 Å². The molecule has 0 spiro atoms. The van der Waals surface area contributed by atoms with E-state index < -0.39 is 0 Å². The molecule has 0 aliphatic carbocycles. The Bertz CT molecular complexity index is 684. The number of ether oxygens (including phenoxy) is 1. The van der Waals surface area contributed by atoms with Gasteiger partial charge >= 0.3 is 0 Å². The minimum Gasteiger partial charge on any atom is -0.496 e. The number of carbonyl (C=O) groups is 1. The second-order valence-corrected chi connectivity index (χ2v) is 4.95. The second kappa shape index (κ2) is 7.16. The first-order valence-electron chi connectivity index (χ1n) is 6.18. The highest BCUT2D eigenvalue weighted by molar-refractivity contribution is 6.44. The number of nitrogens with one attached hydrogen (secondary N) is 1. The third kappa shape index (κ3) is 4.00. The minimum absolute atomic E-state index is 0.301. The lowest BCUT2D eigenvalue weighted by molar-refractivity contribution is -0.111. The van der Waals surface area contributed by atoms with Crippen LogP contribution in [0.25, 0.3) is 6.08 Å². The topological polar surface area (TPSA) is 38.3 Å². The van der Waals surface area contributed by atoms with Crippen LogP contribution in [0.4, 0.5) is 5.69 Å². The average Bonchev–Trinajstić information content (AvgIpc) is 2.50. The van der Waals surface area contributed by atoms with Gasteiger partial charge in [-0.3, -0.25) is 4.79 Å². The van der Waals surface area contributed by atoms with Crippen LogP contribution in [0.1, 0.15) is 5.56 Å². The Hall–Kier alpha value is -1.97. The molecule has 1 N–H and O–H groups in total. The molecule has 0 atom stereocenters. The number of halogens is 2. The molecule has 0 aromatic heterocycles.